The Labute approximate surface area is 138 Å². The monoisotopic (exact) mass is 325 g/mol. The van der Waals surface area contributed by atoms with Crippen molar-refractivity contribution in [3.63, 3.8) is 0 Å². The zero-order valence-corrected chi connectivity index (χ0v) is 15.0. The predicted octanol–water partition coefficient (Wildman–Crippen LogP) is -0.647. The zero-order chi connectivity index (χ0) is 17.2. The number of aromatic nitrogens is 2. The molecule has 0 spiro atoms. The minimum atomic E-state index is -0.574. The van der Waals surface area contributed by atoms with E-state index in [0.29, 0.717) is 26.2 Å². The number of quaternary nitrogens is 1. The second kappa shape index (κ2) is 6.98. The summed E-state index contributed by atoms with van der Waals surface area (Å²) in [6.45, 7) is 7.77. The quantitative estimate of drug-likeness (QED) is 0.755. The fourth-order valence-electron chi connectivity index (χ4n) is 2.78. The Hall–Kier alpha value is -1.44. The highest BCUT2D eigenvalue weighted by atomic mass is 16.7. The topological polar surface area (TPSA) is 61.0 Å². The predicted molar refractivity (Wildman–Crippen MR) is 85.9 cm³/mol. The minimum Gasteiger partial charge on any atom is -0.348 e. The van der Waals surface area contributed by atoms with Gasteiger partial charge in [-0.3, -0.25) is 9.48 Å². The number of carbonyl (C=O) groups excluding carboxylic acids is 1. The van der Waals surface area contributed by atoms with Crippen LogP contribution in [0.15, 0.2) is 6.07 Å². The molecule has 1 aromatic rings. The fraction of sp³-hybridized carbons (Fsp3) is 0.750. The van der Waals surface area contributed by atoms with Gasteiger partial charge in [0, 0.05) is 13.6 Å². The van der Waals surface area contributed by atoms with Crippen LogP contribution in [0.2, 0.25) is 0 Å². The highest BCUT2D eigenvalue weighted by molar-refractivity contribution is 5.77. The van der Waals surface area contributed by atoms with Gasteiger partial charge in [0.05, 0.1) is 38.6 Å². The number of rotatable bonds is 6. The van der Waals surface area contributed by atoms with Gasteiger partial charge in [0.25, 0.3) is 5.91 Å². The zero-order valence-electron chi connectivity index (χ0n) is 15.0. The van der Waals surface area contributed by atoms with Crippen molar-refractivity contribution in [3.05, 3.63) is 17.5 Å². The number of amides is 1. The van der Waals surface area contributed by atoms with E-state index in [1.165, 1.54) is 0 Å². The molecule has 1 N–H and O–H groups in total. The lowest BCUT2D eigenvalue weighted by Gasteiger charge is -2.26. The molecule has 1 aliphatic heterocycles. The maximum absolute atomic E-state index is 12.6. The summed E-state index contributed by atoms with van der Waals surface area (Å²) in [6.07, 6.45) is -0.0968. The first-order valence-corrected chi connectivity index (χ1v) is 8.04. The molecule has 7 nitrogen and oxygen atoms in total. The van der Waals surface area contributed by atoms with Crippen LogP contribution in [0.1, 0.15) is 25.2 Å². The third kappa shape index (κ3) is 5.02. The summed E-state index contributed by atoms with van der Waals surface area (Å²) in [7, 11) is 5.85. The van der Waals surface area contributed by atoms with Crippen LogP contribution in [-0.2, 0) is 27.9 Å². The van der Waals surface area contributed by atoms with Crippen LogP contribution < -0.4 is 4.90 Å². The first-order valence-electron chi connectivity index (χ1n) is 8.04. The fourth-order valence-corrected chi connectivity index (χ4v) is 2.78. The lowest BCUT2D eigenvalue weighted by atomic mass is 10.2. The van der Waals surface area contributed by atoms with Gasteiger partial charge in [0.1, 0.15) is 6.10 Å². The van der Waals surface area contributed by atoms with Crippen molar-refractivity contribution in [2.45, 2.75) is 39.2 Å². The molecule has 2 heterocycles. The molecular formula is C16H29N4O3+. The van der Waals surface area contributed by atoms with Crippen molar-refractivity contribution < 1.29 is 19.2 Å². The number of nitrogens with one attached hydrogen (secondary N) is 1. The number of hydrogen-bond donors (Lipinski definition) is 1. The molecule has 0 saturated carbocycles. The van der Waals surface area contributed by atoms with E-state index in [0.717, 1.165) is 16.3 Å². The van der Waals surface area contributed by atoms with E-state index >= 15 is 0 Å². The van der Waals surface area contributed by atoms with Crippen LogP contribution in [0.3, 0.4) is 0 Å². The largest absolute Gasteiger partial charge is 0.348 e. The number of aryl methyl sites for hydroxylation is 2. The van der Waals surface area contributed by atoms with Crippen LogP contribution in [0.4, 0.5) is 0 Å². The molecule has 23 heavy (non-hydrogen) atoms. The third-order valence-corrected chi connectivity index (χ3v) is 3.80. The summed E-state index contributed by atoms with van der Waals surface area (Å²) in [5.41, 5.74) is 1.97. The number of hydrogen-bond acceptors (Lipinski definition) is 4. The number of carbonyl (C=O) groups is 1. The Kier molecular flexibility index (Phi) is 5.44. The smallest absolute Gasteiger partial charge is 0.278 e. The van der Waals surface area contributed by atoms with E-state index in [-0.39, 0.29) is 12.0 Å². The summed E-state index contributed by atoms with van der Waals surface area (Å²) >= 11 is 0. The first-order chi connectivity index (χ1) is 10.7. The second-order valence-corrected chi connectivity index (χ2v) is 7.01. The number of ether oxygens (including phenoxy) is 2. The van der Waals surface area contributed by atoms with Crippen molar-refractivity contribution in [3.8, 4) is 0 Å². The van der Waals surface area contributed by atoms with Gasteiger partial charge in [-0.15, -0.1) is 0 Å². The minimum absolute atomic E-state index is 0.0968. The first kappa shape index (κ1) is 17.9. The van der Waals surface area contributed by atoms with Crippen LogP contribution in [-0.4, -0.2) is 66.3 Å². The summed E-state index contributed by atoms with van der Waals surface area (Å²) < 4.78 is 13.3. The van der Waals surface area contributed by atoms with Crippen molar-refractivity contribution in [2.24, 2.45) is 7.05 Å². The third-order valence-electron chi connectivity index (χ3n) is 3.80. The average molecular weight is 325 g/mol. The molecule has 1 aromatic heterocycles. The summed E-state index contributed by atoms with van der Waals surface area (Å²) in [4.78, 5) is 15.6. The highest BCUT2D eigenvalue weighted by Crippen LogP contribution is 2.23. The molecule has 0 bridgehead atoms. The van der Waals surface area contributed by atoms with Gasteiger partial charge in [0.2, 0.25) is 0 Å². The van der Waals surface area contributed by atoms with Gasteiger partial charge in [-0.25, -0.2) is 0 Å². The molecular weight excluding hydrogens is 296 g/mol. The Morgan fingerprint density at radius 1 is 1.52 bits per heavy atom. The molecule has 0 aromatic carbocycles. The van der Waals surface area contributed by atoms with E-state index in [1.54, 1.807) is 0 Å². The Bertz CT molecular complexity index is 554. The SMILES string of the molecule is Cc1cc(CN(C[C@H]2COC(C)(C)O2)C(=O)C[NH+](C)C)n(C)n1. The lowest BCUT2D eigenvalue weighted by Crippen LogP contribution is -3.07. The molecule has 1 fully saturated rings. The Morgan fingerprint density at radius 2 is 2.22 bits per heavy atom. The highest BCUT2D eigenvalue weighted by Gasteiger charge is 2.35. The maximum atomic E-state index is 12.6. The van der Waals surface area contributed by atoms with Crippen LogP contribution in [0.5, 0.6) is 0 Å². The van der Waals surface area contributed by atoms with E-state index in [1.807, 2.05) is 57.6 Å². The van der Waals surface area contributed by atoms with Crippen molar-refractivity contribution in [1.82, 2.24) is 14.7 Å². The summed E-state index contributed by atoms with van der Waals surface area (Å²) in [5.74, 6) is -0.466. The van der Waals surface area contributed by atoms with Gasteiger partial charge < -0.3 is 19.3 Å². The number of nitrogens with zero attached hydrogens (tertiary/aromatic N) is 3. The molecule has 1 amide bonds. The van der Waals surface area contributed by atoms with Crippen LogP contribution in [0.25, 0.3) is 0 Å². The number of likely N-dealkylation sites (N-methyl/N-ethyl adjacent to an activating group) is 1. The summed E-state index contributed by atoms with van der Waals surface area (Å²) in [5, 5.41) is 4.36. The summed E-state index contributed by atoms with van der Waals surface area (Å²) in [6, 6.07) is 2.01. The molecule has 7 heteroatoms. The van der Waals surface area contributed by atoms with E-state index in [9.17, 15) is 4.79 Å². The van der Waals surface area contributed by atoms with Gasteiger partial charge in [-0.2, -0.15) is 5.10 Å². The van der Waals surface area contributed by atoms with Gasteiger partial charge in [-0.1, -0.05) is 0 Å². The Balaban J connectivity index is 2.08. The molecule has 0 radical (unpaired) electrons. The van der Waals surface area contributed by atoms with Crippen molar-refractivity contribution in [2.75, 3.05) is 33.8 Å². The van der Waals surface area contributed by atoms with E-state index in [4.69, 9.17) is 9.47 Å². The van der Waals surface area contributed by atoms with Gasteiger partial charge >= 0.3 is 0 Å². The normalized spacial score (nSPS) is 20.2. The molecule has 0 aliphatic carbocycles. The van der Waals surface area contributed by atoms with E-state index in [2.05, 4.69) is 5.10 Å². The molecule has 2 rings (SSSR count). The van der Waals surface area contributed by atoms with Crippen LogP contribution >= 0.6 is 0 Å². The Morgan fingerprint density at radius 3 is 2.70 bits per heavy atom. The van der Waals surface area contributed by atoms with E-state index < -0.39 is 5.79 Å². The molecule has 130 valence electrons. The maximum Gasteiger partial charge on any atom is 0.278 e. The second-order valence-electron chi connectivity index (χ2n) is 7.01. The average Bonchev–Trinajstić information content (AvgIpc) is 2.90. The van der Waals surface area contributed by atoms with Crippen molar-refractivity contribution >= 4 is 5.91 Å². The molecule has 1 aliphatic rings. The van der Waals surface area contributed by atoms with Gasteiger partial charge in [0.15, 0.2) is 12.3 Å². The molecule has 1 saturated heterocycles. The van der Waals surface area contributed by atoms with Crippen molar-refractivity contribution in [1.29, 1.82) is 0 Å². The van der Waals surface area contributed by atoms with Gasteiger partial charge in [-0.05, 0) is 26.8 Å². The van der Waals surface area contributed by atoms with Crippen LogP contribution in [0, 0.1) is 6.92 Å². The molecule has 0 unspecified atom stereocenters. The molecule has 1 atom stereocenters. The standard InChI is InChI=1S/C16H28N4O3/c1-12-7-13(19(6)17-12)8-20(15(21)10-18(4)5)9-14-11-22-16(2,3)23-14/h7,14H,8-11H2,1-6H3/p+1/t14-/m0/s1. The lowest BCUT2D eigenvalue weighted by molar-refractivity contribution is -0.849.